The van der Waals surface area contributed by atoms with Crippen molar-refractivity contribution >= 4 is 17.0 Å². The summed E-state index contributed by atoms with van der Waals surface area (Å²) < 4.78 is 2.22. The molecule has 122 valence electrons. The van der Waals surface area contributed by atoms with Crippen molar-refractivity contribution in [3.8, 4) is 11.1 Å². The maximum absolute atomic E-state index is 10.8. The van der Waals surface area contributed by atoms with Gasteiger partial charge < -0.3 is 9.30 Å². The van der Waals surface area contributed by atoms with Crippen LogP contribution in [0.3, 0.4) is 0 Å². The number of aromatic nitrogens is 1. The second kappa shape index (κ2) is 6.00. The average Bonchev–Trinajstić information content (AvgIpc) is 3.06. The zero-order valence-corrected chi connectivity index (χ0v) is 13.4. The molecular weight excluding hydrogens is 302 g/mol. The SMILES string of the molecule is O=[N+]([O-])c1ccc(-c2cc3cccc(N4CCCCC4)n3c2)cc1. The molecule has 3 aromatic rings. The molecular formula is C19H19N3O2. The van der Waals surface area contributed by atoms with E-state index in [1.807, 2.05) is 12.1 Å². The molecule has 0 bridgehead atoms. The lowest BCUT2D eigenvalue weighted by atomic mass is 10.1. The van der Waals surface area contributed by atoms with Gasteiger partial charge in [0.25, 0.3) is 5.69 Å². The Labute approximate surface area is 140 Å². The molecule has 0 N–H and O–H groups in total. The molecule has 3 heterocycles. The van der Waals surface area contributed by atoms with Crippen molar-refractivity contribution in [1.82, 2.24) is 4.40 Å². The van der Waals surface area contributed by atoms with Crippen molar-refractivity contribution in [2.75, 3.05) is 18.0 Å². The summed E-state index contributed by atoms with van der Waals surface area (Å²) in [6.45, 7) is 2.20. The number of nitro benzene ring substituents is 1. The Morgan fingerprint density at radius 3 is 2.38 bits per heavy atom. The first kappa shape index (κ1) is 14.8. The predicted molar refractivity (Wildman–Crippen MR) is 95.6 cm³/mol. The summed E-state index contributed by atoms with van der Waals surface area (Å²) in [7, 11) is 0. The lowest BCUT2D eigenvalue weighted by molar-refractivity contribution is -0.384. The Morgan fingerprint density at radius 1 is 0.917 bits per heavy atom. The fourth-order valence-electron chi connectivity index (χ4n) is 3.43. The summed E-state index contributed by atoms with van der Waals surface area (Å²) >= 11 is 0. The Kier molecular flexibility index (Phi) is 3.69. The third-order valence-corrected chi connectivity index (χ3v) is 4.70. The van der Waals surface area contributed by atoms with Crippen LogP contribution >= 0.6 is 0 Å². The molecule has 5 heteroatoms. The van der Waals surface area contributed by atoms with Crippen molar-refractivity contribution < 1.29 is 4.92 Å². The summed E-state index contributed by atoms with van der Waals surface area (Å²) in [4.78, 5) is 12.9. The monoisotopic (exact) mass is 321 g/mol. The fourth-order valence-corrected chi connectivity index (χ4v) is 3.43. The molecule has 1 fully saturated rings. The maximum Gasteiger partial charge on any atom is 0.269 e. The molecule has 0 spiro atoms. The van der Waals surface area contributed by atoms with E-state index in [1.165, 1.54) is 25.1 Å². The van der Waals surface area contributed by atoms with Gasteiger partial charge in [-0.2, -0.15) is 0 Å². The third kappa shape index (κ3) is 2.62. The molecule has 2 aromatic heterocycles. The van der Waals surface area contributed by atoms with Crippen molar-refractivity contribution in [3.05, 3.63) is 64.8 Å². The number of nitrogens with zero attached hydrogens (tertiary/aromatic N) is 3. The van der Waals surface area contributed by atoms with Gasteiger partial charge >= 0.3 is 0 Å². The first-order valence-corrected chi connectivity index (χ1v) is 8.33. The standard InChI is InChI=1S/C19H19N3O2/c23-22(24)17-9-7-15(8-10-17)16-13-18-5-4-6-19(21(18)14-16)20-11-2-1-3-12-20/h4-10,13-14H,1-3,11-12H2. The zero-order valence-electron chi connectivity index (χ0n) is 13.4. The highest BCUT2D eigenvalue weighted by atomic mass is 16.6. The number of hydrogen-bond acceptors (Lipinski definition) is 3. The van der Waals surface area contributed by atoms with E-state index < -0.39 is 0 Å². The van der Waals surface area contributed by atoms with Crippen LogP contribution in [0.15, 0.2) is 54.7 Å². The van der Waals surface area contributed by atoms with Crippen LogP contribution in [0.25, 0.3) is 16.6 Å². The molecule has 0 atom stereocenters. The van der Waals surface area contributed by atoms with E-state index in [0.717, 1.165) is 29.7 Å². The molecule has 24 heavy (non-hydrogen) atoms. The minimum Gasteiger partial charge on any atom is -0.358 e. The number of nitro groups is 1. The smallest absolute Gasteiger partial charge is 0.269 e. The minimum atomic E-state index is -0.367. The highest BCUT2D eigenvalue weighted by Crippen LogP contribution is 2.28. The lowest BCUT2D eigenvalue weighted by Gasteiger charge is -2.29. The number of hydrogen-bond donors (Lipinski definition) is 0. The van der Waals surface area contributed by atoms with Gasteiger partial charge in [-0.3, -0.25) is 10.1 Å². The van der Waals surface area contributed by atoms with Crippen LogP contribution in [0, 0.1) is 10.1 Å². The normalized spacial score (nSPS) is 14.9. The van der Waals surface area contributed by atoms with Crippen molar-refractivity contribution in [2.24, 2.45) is 0 Å². The van der Waals surface area contributed by atoms with Gasteiger partial charge in [0.05, 0.1) is 4.92 Å². The molecule has 1 aliphatic rings. The Morgan fingerprint density at radius 2 is 1.67 bits per heavy atom. The summed E-state index contributed by atoms with van der Waals surface area (Å²) in [5.41, 5.74) is 3.34. The van der Waals surface area contributed by atoms with Crippen LogP contribution in [-0.4, -0.2) is 22.4 Å². The fraction of sp³-hybridized carbons (Fsp3) is 0.263. The molecule has 5 nitrogen and oxygen atoms in total. The van der Waals surface area contributed by atoms with E-state index in [2.05, 4.69) is 39.8 Å². The molecule has 0 saturated carbocycles. The highest BCUT2D eigenvalue weighted by Gasteiger charge is 2.14. The Bertz CT molecular complexity index is 877. The van der Waals surface area contributed by atoms with Crippen LogP contribution in [0.5, 0.6) is 0 Å². The van der Waals surface area contributed by atoms with Gasteiger partial charge in [-0.25, -0.2) is 0 Å². The topological polar surface area (TPSA) is 50.8 Å². The number of piperidine rings is 1. The van der Waals surface area contributed by atoms with E-state index in [1.54, 1.807) is 12.1 Å². The van der Waals surface area contributed by atoms with Gasteiger partial charge in [0, 0.05) is 42.5 Å². The number of benzene rings is 1. The summed E-state index contributed by atoms with van der Waals surface area (Å²) in [6, 6.07) is 15.2. The first-order chi connectivity index (χ1) is 11.7. The van der Waals surface area contributed by atoms with Crippen molar-refractivity contribution in [1.29, 1.82) is 0 Å². The molecule has 0 unspecified atom stereocenters. The van der Waals surface area contributed by atoms with Crippen LogP contribution < -0.4 is 4.90 Å². The van der Waals surface area contributed by atoms with E-state index in [9.17, 15) is 10.1 Å². The largest absolute Gasteiger partial charge is 0.358 e. The maximum atomic E-state index is 10.8. The summed E-state index contributed by atoms with van der Waals surface area (Å²) in [5.74, 6) is 1.22. The molecule has 0 amide bonds. The van der Waals surface area contributed by atoms with Crippen molar-refractivity contribution in [2.45, 2.75) is 19.3 Å². The average molecular weight is 321 g/mol. The van der Waals surface area contributed by atoms with Gasteiger partial charge in [-0.05, 0) is 55.2 Å². The molecule has 1 aromatic carbocycles. The zero-order chi connectivity index (χ0) is 16.5. The van der Waals surface area contributed by atoms with E-state index >= 15 is 0 Å². The molecule has 1 aliphatic heterocycles. The van der Waals surface area contributed by atoms with Crippen LogP contribution in [-0.2, 0) is 0 Å². The molecule has 1 saturated heterocycles. The van der Waals surface area contributed by atoms with Gasteiger partial charge in [-0.1, -0.05) is 6.07 Å². The summed E-state index contributed by atoms with van der Waals surface area (Å²) in [6.07, 6.45) is 5.92. The second-order valence-corrected chi connectivity index (χ2v) is 6.26. The number of pyridine rings is 1. The lowest BCUT2D eigenvalue weighted by Crippen LogP contribution is -2.30. The van der Waals surface area contributed by atoms with Crippen LogP contribution in [0.2, 0.25) is 0 Å². The first-order valence-electron chi connectivity index (χ1n) is 8.33. The number of anilines is 1. The van der Waals surface area contributed by atoms with Crippen molar-refractivity contribution in [3.63, 3.8) is 0 Å². The predicted octanol–water partition coefficient (Wildman–Crippen LogP) is 4.50. The quantitative estimate of drug-likeness (QED) is 0.527. The van der Waals surface area contributed by atoms with Gasteiger partial charge in [0.1, 0.15) is 5.82 Å². The van der Waals surface area contributed by atoms with Gasteiger partial charge in [0.2, 0.25) is 0 Å². The second-order valence-electron chi connectivity index (χ2n) is 6.26. The van der Waals surface area contributed by atoms with Crippen LogP contribution in [0.1, 0.15) is 19.3 Å². The number of rotatable bonds is 3. The highest BCUT2D eigenvalue weighted by molar-refractivity contribution is 5.73. The Balaban J connectivity index is 1.73. The summed E-state index contributed by atoms with van der Waals surface area (Å²) in [5, 5.41) is 10.8. The van der Waals surface area contributed by atoms with Gasteiger partial charge in [0.15, 0.2) is 0 Å². The van der Waals surface area contributed by atoms with E-state index in [-0.39, 0.29) is 10.6 Å². The number of fused-ring (bicyclic) bond motifs is 1. The number of non-ortho nitro benzene ring substituents is 1. The third-order valence-electron chi connectivity index (χ3n) is 4.70. The van der Waals surface area contributed by atoms with E-state index in [4.69, 9.17) is 0 Å². The minimum absolute atomic E-state index is 0.122. The molecule has 0 radical (unpaired) electrons. The van der Waals surface area contributed by atoms with Crippen LogP contribution in [0.4, 0.5) is 11.5 Å². The Hall–Kier alpha value is -2.82. The van der Waals surface area contributed by atoms with Gasteiger partial charge in [-0.15, -0.1) is 0 Å². The molecule has 0 aliphatic carbocycles. The molecule has 4 rings (SSSR count). The van der Waals surface area contributed by atoms with E-state index in [0.29, 0.717) is 0 Å².